The first-order valence-corrected chi connectivity index (χ1v) is 8.47. The topological polar surface area (TPSA) is 91.2 Å². The summed E-state index contributed by atoms with van der Waals surface area (Å²) in [5, 5.41) is 7.60. The van der Waals surface area contributed by atoms with Crippen LogP contribution < -0.4 is 10.1 Å². The standard InChI is InChI=1S/C19H21N5O3/c1-5-27-19(25)14-10-20-12(2)9-16(14)22-15-8-6-7-13(17(15)26-4)18-21-11-24(3)23-18/h6-11H,5H2,1-4H3,(H,20,22). The van der Waals surface area contributed by atoms with E-state index in [1.165, 1.54) is 6.20 Å². The zero-order chi connectivity index (χ0) is 19.4. The van der Waals surface area contributed by atoms with Gasteiger partial charge in [-0.2, -0.15) is 5.10 Å². The predicted molar refractivity (Wildman–Crippen MR) is 101 cm³/mol. The molecular weight excluding hydrogens is 346 g/mol. The van der Waals surface area contributed by atoms with Crippen LogP contribution in [0.3, 0.4) is 0 Å². The van der Waals surface area contributed by atoms with Crippen LogP contribution in [0.4, 0.5) is 11.4 Å². The molecule has 0 spiro atoms. The van der Waals surface area contributed by atoms with Gasteiger partial charge in [-0.25, -0.2) is 9.78 Å². The maximum absolute atomic E-state index is 12.3. The Morgan fingerprint density at radius 1 is 1.26 bits per heavy atom. The minimum absolute atomic E-state index is 0.288. The Balaban J connectivity index is 2.04. The number of anilines is 2. The molecule has 0 radical (unpaired) electrons. The van der Waals surface area contributed by atoms with Crippen molar-refractivity contribution in [2.45, 2.75) is 13.8 Å². The predicted octanol–water partition coefficient (Wildman–Crippen LogP) is 3.11. The van der Waals surface area contributed by atoms with Gasteiger partial charge in [-0.3, -0.25) is 9.67 Å². The van der Waals surface area contributed by atoms with Gasteiger partial charge in [0.2, 0.25) is 0 Å². The van der Waals surface area contributed by atoms with Crippen LogP contribution in [-0.4, -0.2) is 39.4 Å². The first kappa shape index (κ1) is 18.4. The monoisotopic (exact) mass is 367 g/mol. The fourth-order valence-corrected chi connectivity index (χ4v) is 2.67. The number of carbonyl (C=O) groups is 1. The van der Waals surface area contributed by atoms with E-state index in [1.54, 1.807) is 38.2 Å². The van der Waals surface area contributed by atoms with Crippen molar-refractivity contribution >= 4 is 17.3 Å². The van der Waals surface area contributed by atoms with Crippen molar-refractivity contribution in [3.05, 3.63) is 48.0 Å². The smallest absolute Gasteiger partial charge is 0.341 e. The number of hydrogen-bond donors (Lipinski definition) is 1. The van der Waals surface area contributed by atoms with Gasteiger partial charge in [0.1, 0.15) is 11.9 Å². The van der Waals surface area contributed by atoms with Crippen molar-refractivity contribution in [1.29, 1.82) is 0 Å². The third-order valence-electron chi connectivity index (χ3n) is 3.87. The molecule has 1 N–H and O–H groups in total. The lowest BCUT2D eigenvalue weighted by molar-refractivity contribution is 0.0527. The number of carbonyl (C=O) groups excluding carboxylic acids is 1. The summed E-state index contributed by atoms with van der Waals surface area (Å²) < 4.78 is 12.4. The van der Waals surface area contributed by atoms with E-state index in [4.69, 9.17) is 9.47 Å². The minimum Gasteiger partial charge on any atom is -0.494 e. The average molecular weight is 367 g/mol. The lowest BCUT2D eigenvalue weighted by atomic mass is 10.1. The Hall–Kier alpha value is -3.42. The molecule has 2 aromatic heterocycles. The van der Waals surface area contributed by atoms with Crippen molar-refractivity contribution < 1.29 is 14.3 Å². The zero-order valence-corrected chi connectivity index (χ0v) is 15.7. The molecule has 0 saturated heterocycles. The van der Waals surface area contributed by atoms with Crippen LogP contribution in [0.2, 0.25) is 0 Å². The molecule has 1 aromatic carbocycles. The highest BCUT2D eigenvalue weighted by Crippen LogP contribution is 2.37. The van der Waals surface area contributed by atoms with Gasteiger partial charge in [0.15, 0.2) is 11.6 Å². The summed E-state index contributed by atoms with van der Waals surface area (Å²) >= 11 is 0. The van der Waals surface area contributed by atoms with E-state index < -0.39 is 5.97 Å². The van der Waals surface area contributed by atoms with Gasteiger partial charge in [0.05, 0.1) is 30.7 Å². The van der Waals surface area contributed by atoms with E-state index in [9.17, 15) is 4.79 Å². The molecule has 3 rings (SSSR count). The maximum atomic E-state index is 12.3. The van der Waals surface area contributed by atoms with E-state index >= 15 is 0 Å². The molecular formula is C19H21N5O3. The fourth-order valence-electron chi connectivity index (χ4n) is 2.67. The highest BCUT2D eigenvalue weighted by Gasteiger charge is 2.18. The number of ether oxygens (including phenoxy) is 2. The minimum atomic E-state index is -0.436. The van der Waals surface area contributed by atoms with Gasteiger partial charge in [-0.15, -0.1) is 0 Å². The largest absolute Gasteiger partial charge is 0.494 e. The lowest BCUT2D eigenvalue weighted by Gasteiger charge is -2.16. The second kappa shape index (κ2) is 7.86. The molecule has 3 aromatic rings. The second-order valence-electron chi connectivity index (χ2n) is 5.84. The number of methoxy groups -OCH3 is 1. The van der Waals surface area contributed by atoms with Crippen LogP contribution >= 0.6 is 0 Å². The maximum Gasteiger partial charge on any atom is 0.341 e. The Kier molecular flexibility index (Phi) is 5.35. The molecule has 27 heavy (non-hydrogen) atoms. The van der Waals surface area contributed by atoms with Crippen molar-refractivity contribution in [3.8, 4) is 17.1 Å². The fraction of sp³-hybridized carbons (Fsp3) is 0.263. The highest BCUT2D eigenvalue weighted by atomic mass is 16.5. The van der Waals surface area contributed by atoms with Crippen LogP contribution in [0.5, 0.6) is 5.75 Å². The van der Waals surface area contributed by atoms with E-state index in [-0.39, 0.29) is 6.61 Å². The van der Waals surface area contributed by atoms with Crippen LogP contribution in [0, 0.1) is 6.92 Å². The van der Waals surface area contributed by atoms with Gasteiger partial charge in [0.25, 0.3) is 0 Å². The molecule has 0 atom stereocenters. The number of aryl methyl sites for hydroxylation is 2. The third kappa shape index (κ3) is 3.89. The van der Waals surface area contributed by atoms with Crippen molar-refractivity contribution in [2.75, 3.05) is 19.0 Å². The number of hydrogen-bond acceptors (Lipinski definition) is 7. The Morgan fingerprint density at radius 3 is 2.74 bits per heavy atom. The van der Waals surface area contributed by atoms with Gasteiger partial charge in [-0.05, 0) is 32.0 Å². The number of rotatable bonds is 6. The van der Waals surface area contributed by atoms with Crippen molar-refractivity contribution in [1.82, 2.24) is 19.7 Å². The third-order valence-corrected chi connectivity index (χ3v) is 3.87. The summed E-state index contributed by atoms with van der Waals surface area (Å²) in [7, 11) is 3.38. The second-order valence-corrected chi connectivity index (χ2v) is 5.84. The number of nitrogens with one attached hydrogen (secondary N) is 1. The Bertz CT molecular complexity index is 968. The van der Waals surface area contributed by atoms with Gasteiger partial charge >= 0.3 is 5.97 Å². The van der Waals surface area contributed by atoms with E-state index in [0.29, 0.717) is 28.5 Å². The van der Waals surface area contributed by atoms with E-state index in [2.05, 4.69) is 20.4 Å². The molecule has 0 saturated carbocycles. The SMILES string of the molecule is CCOC(=O)c1cnc(C)cc1Nc1cccc(-c2ncn(C)n2)c1OC. The van der Waals surface area contributed by atoms with Gasteiger partial charge in [-0.1, -0.05) is 6.07 Å². The number of benzene rings is 1. The lowest BCUT2D eigenvalue weighted by Crippen LogP contribution is -2.09. The van der Waals surface area contributed by atoms with Crippen LogP contribution in [0.15, 0.2) is 36.8 Å². The molecule has 2 heterocycles. The summed E-state index contributed by atoms with van der Waals surface area (Å²) in [6.07, 6.45) is 3.13. The quantitative estimate of drug-likeness (QED) is 0.669. The molecule has 0 aliphatic heterocycles. The number of para-hydroxylation sites is 1. The van der Waals surface area contributed by atoms with Crippen LogP contribution in [0.25, 0.3) is 11.4 Å². The van der Waals surface area contributed by atoms with Crippen molar-refractivity contribution in [3.63, 3.8) is 0 Å². The van der Waals surface area contributed by atoms with Gasteiger partial charge in [0, 0.05) is 18.9 Å². The molecule has 0 aliphatic carbocycles. The molecule has 0 unspecified atom stereocenters. The first-order chi connectivity index (χ1) is 13.0. The number of nitrogens with zero attached hydrogens (tertiary/aromatic N) is 4. The molecule has 0 amide bonds. The summed E-state index contributed by atoms with van der Waals surface area (Å²) in [6, 6.07) is 7.39. The normalized spacial score (nSPS) is 10.5. The van der Waals surface area contributed by atoms with E-state index in [0.717, 1.165) is 11.3 Å². The first-order valence-electron chi connectivity index (χ1n) is 8.47. The molecule has 8 nitrogen and oxygen atoms in total. The van der Waals surface area contributed by atoms with Crippen LogP contribution in [-0.2, 0) is 11.8 Å². The summed E-state index contributed by atoms with van der Waals surface area (Å²) in [4.78, 5) is 20.7. The Labute approximate surface area is 157 Å². The van der Waals surface area contributed by atoms with Crippen LogP contribution in [0.1, 0.15) is 23.0 Å². The van der Waals surface area contributed by atoms with E-state index in [1.807, 2.05) is 25.1 Å². The summed E-state index contributed by atoms with van der Waals surface area (Å²) in [6.45, 7) is 3.90. The zero-order valence-electron chi connectivity index (χ0n) is 15.7. The number of esters is 1. The molecule has 0 aliphatic rings. The average Bonchev–Trinajstić information content (AvgIpc) is 3.08. The number of aromatic nitrogens is 4. The Morgan fingerprint density at radius 2 is 2.07 bits per heavy atom. The van der Waals surface area contributed by atoms with Gasteiger partial charge < -0.3 is 14.8 Å². The van der Waals surface area contributed by atoms with Crippen molar-refractivity contribution in [2.24, 2.45) is 7.05 Å². The highest BCUT2D eigenvalue weighted by molar-refractivity contribution is 5.96. The molecule has 0 fully saturated rings. The summed E-state index contributed by atoms with van der Waals surface area (Å²) in [5.41, 5.74) is 3.13. The summed E-state index contributed by atoms with van der Waals surface area (Å²) in [5.74, 6) is 0.691. The molecule has 0 bridgehead atoms. The molecule has 140 valence electrons. The number of pyridine rings is 1. The molecule has 8 heteroatoms.